The van der Waals surface area contributed by atoms with Crippen LogP contribution >= 0.6 is 0 Å². The van der Waals surface area contributed by atoms with Crippen LogP contribution in [0.5, 0.6) is 5.75 Å². The van der Waals surface area contributed by atoms with Crippen molar-refractivity contribution in [1.82, 2.24) is 0 Å². The molecule has 1 aromatic rings. The van der Waals surface area contributed by atoms with E-state index in [-0.39, 0.29) is 13.2 Å². The van der Waals surface area contributed by atoms with Crippen LogP contribution in [0.3, 0.4) is 0 Å². The molecule has 42 heavy (non-hydrogen) atoms. The fraction of sp³-hybridized carbons (Fsp3) is 0.758. The number of hydrogen-bond acceptors (Lipinski definition) is 9. The molecule has 3 rings (SSSR count). The van der Waals surface area contributed by atoms with Gasteiger partial charge in [-0.2, -0.15) is 0 Å². The van der Waals surface area contributed by atoms with Gasteiger partial charge in [0, 0.05) is 5.56 Å². The Bertz CT molecular complexity index is 850. The average Bonchev–Trinajstić information content (AvgIpc) is 3.38. The summed E-state index contributed by atoms with van der Waals surface area (Å²) in [6.07, 6.45) is 11.0. The zero-order chi connectivity index (χ0) is 30.0. The van der Waals surface area contributed by atoms with Crippen molar-refractivity contribution < 1.29 is 42.7 Å². The Morgan fingerprint density at radius 1 is 0.667 bits per heavy atom. The van der Waals surface area contributed by atoms with Crippen molar-refractivity contribution in [2.24, 2.45) is 11.8 Å². The molecule has 2 fully saturated rings. The Morgan fingerprint density at radius 2 is 1.17 bits per heavy atom. The van der Waals surface area contributed by atoms with Crippen LogP contribution in [0.1, 0.15) is 123 Å². The minimum Gasteiger partial charge on any atom is -0.494 e. The number of rotatable bonds is 18. The zero-order valence-corrected chi connectivity index (χ0v) is 25.9. The predicted octanol–water partition coefficient (Wildman–Crippen LogP) is 8.84. The van der Waals surface area contributed by atoms with E-state index in [1.165, 1.54) is 57.8 Å². The molecule has 1 heterocycles. The molecule has 1 aromatic carbocycles. The Morgan fingerprint density at radius 3 is 1.67 bits per heavy atom. The monoisotopic (exact) mass is 592 g/mol. The van der Waals surface area contributed by atoms with Crippen molar-refractivity contribution in [1.29, 1.82) is 0 Å². The summed E-state index contributed by atoms with van der Waals surface area (Å²) in [4.78, 5) is 24.2. The van der Waals surface area contributed by atoms with Gasteiger partial charge in [-0.05, 0) is 49.7 Å². The summed E-state index contributed by atoms with van der Waals surface area (Å²) < 4.78 is 38.2. The van der Waals surface area contributed by atoms with Gasteiger partial charge in [0.15, 0.2) is 6.29 Å². The van der Waals surface area contributed by atoms with Crippen molar-refractivity contribution in [3.8, 4) is 5.75 Å². The van der Waals surface area contributed by atoms with Crippen LogP contribution in [-0.4, -0.2) is 44.7 Å². The molecule has 1 aliphatic carbocycles. The van der Waals surface area contributed by atoms with E-state index in [0.717, 1.165) is 36.8 Å². The van der Waals surface area contributed by atoms with E-state index >= 15 is 0 Å². The van der Waals surface area contributed by atoms with Gasteiger partial charge in [-0.3, -0.25) is 0 Å². The topological polar surface area (TPSA) is 98.8 Å². The molecule has 0 radical (unpaired) electrons. The van der Waals surface area contributed by atoms with E-state index in [4.69, 9.17) is 33.2 Å². The highest BCUT2D eigenvalue weighted by Gasteiger charge is 2.43. The van der Waals surface area contributed by atoms with Gasteiger partial charge >= 0.3 is 12.3 Å². The molecule has 9 heteroatoms. The minimum atomic E-state index is -1.30. The number of ether oxygens (including phenoxy) is 7. The van der Waals surface area contributed by atoms with Crippen molar-refractivity contribution >= 4 is 12.3 Å². The number of carbonyl (C=O) groups is 2. The van der Waals surface area contributed by atoms with Crippen molar-refractivity contribution in [3.63, 3.8) is 0 Å². The van der Waals surface area contributed by atoms with E-state index in [1.807, 2.05) is 38.1 Å². The molecule has 238 valence electrons. The van der Waals surface area contributed by atoms with Gasteiger partial charge in [0.05, 0.1) is 19.8 Å². The Balaban J connectivity index is 1.43. The molecule has 1 saturated carbocycles. The molecule has 0 bridgehead atoms. The summed E-state index contributed by atoms with van der Waals surface area (Å²) in [5.74, 6) is 2.53. The van der Waals surface area contributed by atoms with Gasteiger partial charge in [0.25, 0.3) is 12.6 Å². The minimum absolute atomic E-state index is 0.221. The Hall–Kier alpha value is -2.52. The molecule has 0 amide bonds. The predicted molar refractivity (Wildman–Crippen MR) is 158 cm³/mol. The number of carbonyl (C=O) groups excluding carboxylic acids is 2. The molecular weight excluding hydrogens is 540 g/mol. The smallest absolute Gasteiger partial charge is 0.494 e. The highest BCUT2D eigenvalue weighted by atomic mass is 16.9. The summed E-state index contributed by atoms with van der Waals surface area (Å²) in [7, 11) is 0. The first-order valence-electron chi connectivity index (χ1n) is 16.2. The normalized spacial score (nSPS) is 22.5. The first-order valence-corrected chi connectivity index (χ1v) is 16.2. The fourth-order valence-electron chi connectivity index (χ4n) is 5.36. The largest absolute Gasteiger partial charge is 0.510 e. The van der Waals surface area contributed by atoms with Gasteiger partial charge in [-0.1, -0.05) is 97.1 Å². The molecular formula is C33H52O9. The quantitative estimate of drug-likeness (QED) is 0.122. The second kappa shape index (κ2) is 19.6. The Labute approximate surface area is 251 Å². The van der Waals surface area contributed by atoms with E-state index < -0.39 is 31.2 Å². The van der Waals surface area contributed by atoms with E-state index in [1.54, 1.807) is 0 Å². The summed E-state index contributed by atoms with van der Waals surface area (Å²) in [6.45, 7) is 7.36. The van der Waals surface area contributed by atoms with Crippen molar-refractivity contribution in [2.45, 2.75) is 130 Å². The third-order valence-corrected chi connectivity index (χ3v) is 7.96. The molecule has 0 unspecified atom stereocenters. The second-order valence-corrected chi connectivity index (χ2v) is 11.4. The number of unbranched alkanes of at least 4 members (excludes halogenated alkanes) is 4. The third kappa shape index (κ3) is 12.4. The molecule has 0 N–H and O–H groups in total. The maximum Gasteiger partial charge on any atom is 0.510 e. The first kappa shape index (κ1) is 34.0. The van der Waals surface area contributed by atoms with Crippen molar-refractivity contribution in [2.75, 3.05) is 19.8 Å². The lowest BCUT2D eigenvalue weighted by molar-refractivity contribution is -0.159. The number of hydrogen-bond donors (Lipinski definition) is 0. The van der Waals surface area contributed by atoms with Crippen LogP contribution in [0.25, 0.3) is 0 Å². The fourth-order valence-corrected chi connectivity index (χ4v) is 5.36. The lowest BCUT2D eigenvalue weighted by atomic mass is 9.78. The maximum absolute atomic E-state index is 12.1. The molecule has 1 aliphatic heterocycles. The van der Waals surface area contributed by atoms with E-state index in [2.05, 4.69) is 6.92 Å². The molecule has 0 spiro atoms. The van der Waals surface area contributed by atoms with Crippen molar-refractivity contribution in [3.05, 3.63) is 29.8 Å². The lowest BCUT2D eigenvalue weighted by Gasteiger charge is -2.28. The average molecular weight is 593 g/mol. The van der Waals surface area contributed by atoms with Gasteiger partial charge in [-0.25, -0.2) is 9.59 Å². The van der Waals surface area contributed by atoms with Gasteiger partial charge in [0.2, 0.25) is 0 Å². The van der Waals surface area contributed by atoms with Crippen LogP contribution in [0.15, 0.2) is 24.3 Å². The van der Waals surface area contributed by atoms with Crippen LogP contribution < -0.4 is 4.74 Å². The summed E-state index contributed by atoms with van der Waals surface area (Å²) >= 11 is 0. The summed E-state index contributed by atoms with van der Waals surface area (Å²) in [5.41, 5.74) is 0.663. The van der Waals surface area contributed by atoms with Crippen LogP contribution in [0, 0.1) is 11.8 Å². The lowest BCUT2D eigenvalue weighted by Crippen LogP contribution is -2.33. The molecule has 0 aromatic heterocycles. The first-order chi connectivity index (χ1) is 20.5. The summed E-state index contributed by atoms with van der Waals surface area (Å²) in [5, 5.41) is 0. The molecule has 2 aliphatic rings. The zero-order valence-electron chi connectivity index (χ0n) is 25.9. The van der Waals surface area contributed by atoms with E-state index in [9.17, 15) is 9.59 Å². The second-order valence-electron chi connectivity index (χ2n) is 11.4. The molecule has 1 saturated heterocycles. The van der Waals surface area contributed by atoms with E-state index in [0.29, 0.717) is 25.0 Å². The van der Waals surface area contributed by atoms with Gasteiger partial charge in [-0.15, -0.1) is 0 Å². The highest BCUT2D eigenvalue weighted by molar-refractivity contribution is 5.61. The highest BCUT2D eigenvalue weighted by Crippen LogP contribution is 2.35. The molecule has 2 atom stereocenters. The maximum atomic E-state index is 12.1. The number of benzene rings is 1. The van der Waals surface area contributed by atoms with Crippen LogP contribution in [0.2, 0.25) is 0 Å². The third-order valence-electron chi connectivity index (χ3n) is 7.96. The standard InChI is InChI=1S/C33H52O9/c1-4-7-10-12-25-14-16-26(17-15-25)13-11-24-36-28-20-18-27(19-21-28)29-39-30(41-32(34)37-22-8-5-2)31(40-29)42-33(35)38-23-9-6-3/h18-21,25-26,29-31H,4-17,22-24H2,1-3H3/t25?,26?,30-,31-/m1/s1. The van der Waals surface area contributed by atoms with Gasteiger partial charge in [0.1, 0.15) is 5.75 Å². The van der Waals surface area contributed by atoms with Crippen LogP contribution in [-0.2, 0) is 28.4 Å². The summed E-state index contributed by atoms with van der Waals surface area (Å²) in [6, 6.07) is 7.34. The van der Waals surface area contributed by atoms with Crippen LogP contribution in [0.4, 0.5) is 9.59 Å². The van der Waals surface area contributed by atoms with Gasteiger partial charge < -0.3 is 33.2 Å². The SMILES string of the molecule is CCCCCC1CCC(CCCOc2ccc(C3O[C@H](OC(=O)OCCCC)[C@@H](OC(=O)OCCCC)O3)cc2)CC1. The Kier molecular flexibility index (Phi) is 15.9. The molecule has 9 nitrogen and oxygen atoms in total.